The van der Waals surface area contributed by atoms with Crippen LogP contribution >= 0.6 is 0 Å². The van der Waals surface area contributed by atoms with E-state index in [2.05, 4.69) is 31.7 Å². The zero-order chi connectivity index (χ0) is 13.2. The van der Waals surface area contributed by atoms with Crippen LogP contribution in [0.3, 0.4) is 0 Å². The second-order valence-electron chi connectivity index (χ2n) is 3.07. The van der Waals surface area contributed by atoms with Crippen LogP contribution in [0.2, 0.25) is 0 Å². The van der Waals surface area contributed by atoms with Gasteiger partial charge in [-0.25, -0.2) is 12.1 Å². The average molecular weight is 261 g/mol. The van der Waals surface area contributed by atoms with Crippen molar-refractivity contribution in [2.24, 2.45) is 3.79 Å². The van der Waals surface area contributed by atoms with Gasteiger partial charge in [0.05, 0.1) is 0 Å². The molecule has 0 radical (unpaired) electrons. The van der Waals surface area contributed by atoms with Crippen LogP contribution in [0.5, 0.6) is 0 Å². The summed E-state index contributed by atoms with van der Waals surface area (Å²) in [6, 6.07) is 10.5. The van der Waals surface area contributed by atoms with Gasteiger partial charge in [0.25, 0.3) is 0 Å². The second kappa shape index (κ2) is 24.1. The predicted octanol–water partition coefficient (Wildman–Crippen LogP) is 3.77. The minimum Gasteiger partial charge on any atom is -0.668 e. The van der Waals surface area contributed by atoms with Gasteiger partial charge < -0.3 is 10.6 Å². The van der Waals surface area contributed by atoms with Gasteiger partial charge in [0, 0.05) is 0 Å². The first-order chi connectivity index (χ1) is 7.60. The molecule has 0 amide bonds. The van der Waals surface area contributed by atoms with Gasteiger partial charge in [-0.2, -0.15) is 46.4 Å². The number of hydrogen-bond donors (Lipinski definition) is 0. The fraction of sp³-hybridized carbons (Fsp3) is 0.583. The van der Waals surface area contributed by atoms with Gasteiger partial charge >= 0.3 is 40.9 Å². The van der Waals surface area contributed by atoms with Crippen molar-refractivity contribution in [2.45, 2.75) is 19.9 Å². The van der Waals surface area contributed by atoms with Gasteiger partial charge in [-0.1, -0.05) is 0 Å². The summed E-state index contributed by atoms with van der Waals surface area (Å²) in [5, 5.41) is 7.00. The predicted molar refractivity (Wildman–Crippen MR) is 70.0 cm³/mol. The minimum absolute atomic E-state index is 0.481. The van der Waals surface area contributed by atoms with Crippen LogP contribution in [0.1, 0.15) is 13.8 Å². The largest absolute Gasteiger partial charge is 0.668 e. The summed E-state index contributed by atoms with van der Waals surface area (Å²) in [6.45, 7) is 4.08. The Balaban J connectivity index is -0.000000146. The van der Waals surface area contributed by atoms with Crippen LogP contribution in [-0.2, 0) is 17.2 Å². The van der Waals surface area contributed by atoms with E-state index >= 15 is 0 Å². The molecule has 0 aliphatic carbocycles. The maximum atomic E-state index is 3.83. The summed E-state index contributed by atoms with van der Waals surface area (Å²) < 4.78 is 3.83. The van der Waals surface area contributed by atoms with Gasteiger partial charge in [0.2, 0.25) is 0 Å². The van der Waals surface area contributed by atoms with Crippen molar-refractivity contribution in [1.82, 2.24) is 0 Å². The zero-order valence-electron chi connectivity index (χ0n) is 11.3. The summed E-state index contributed by atoms with van der Waals surface area (Å²) in [5.41, 5.74) is 0. The molecule has 0 fully saturated rings. The third kappa shape index (κ3) is 49.4. The van der Waals surface area contributed by atoms with E-state index in [0.717, 1.165) is 0 Å². The fourth-order valence-corrected chi connectivity index (χ4v) is 0.321. The normalized spacial score (nSPS) is 7.38. The molecule has 0 aliphatic heterocycles. The summed E-state index contributed by atoms with van der Waals surface area (Å²) in [4.78, 5) is 0. The minimum atomic E-state index is 0.481. The van der Waals surface area contributed by atoms with E-state index < -0.39 is 0 Å². The van der Waals surface area contributed by atoms with Crippen molar-refractivity contribution in [3.63, 3.8) is 0 Å². The molecule has 0 saturated heterocycles. The molecule has 0 saturated carbocycles. The third-order valence-corrected chi connectivity index (χ3v) is 1.51. The maximum absolute atomic E-state index is 3.83. The maximum Gasteiger partial charge on any atom is -0.162 e. The smallest absolute Gasteiger partial charge is 0.162 e. The van der Waals surface area contributed by atoms with E-state index in [0.29, 0.717) is 6.04 Å². The Hall–Kier alpha value is -0.346. The van der Waals surface area contributed by atoms with Crippen LogP contribution in [0.15, 0.2) is 34.1 Å². The van der Waals surface area contributed by atoms with Crippen LogP contribution in [-0.4, -0.2) is 34.2 Å². The molecule has 1 aromatic carbocycles. The van der Waals surface area contributed by atoms with Crippen LogP contribution in [0.4, 0.5) is 0 Å². The van der Waals surface area contributed by atoms with Gasteiger partial charge in [0.15, 0.2) is 0 Å². The van der Waals surface area contributed by atoms with Crippen LogP contribution in [0.25, 0.3) is 10.6 Å². The van der Waals surface area contributed by atoms with E-state index in [1.807, 2.05) is 44.2 Å². The summed E-state index contributed by atoms with van der Waals surface area (Å²) in [7, 11) is 7.00. The SMILES string of the molecule is CC(C)[N]=[V].C[N-]C.C[N-]C.c1cc[cH-]c1. The van der Waals surface area contributed by atoms with Crippen molar-refractivity contribution in [1.29, 1.82) is 0 Å². The van der Waals surface area contributed by atoms with E-state index in [1.54, 1.807) is 28.2 Å². The molecular formula is C12H24N3V-3. The topological polar surface area (TPSA) is 40.6 Å². The molecule has 1 aromatic rings. The monoisotopic (exact) mass is 261 g/mol. The Morgan fingerprint density at radius 2 is 1.25 bits per heavy atom. The molecule has 4 heteroatoms. The molecule has 0 aromatic heterocycles. The first kappa shape index (κ1) is 21.0. The summed E-state index contributed by atoms with van der Waals surface area (Å²) in [5.74, 6) is 0. The van der Waals surface area contributed by atoms with E-state index in [1.165, 1.54) is 0 Å². The van der Waals surface area contributed by atoms with Crippen molar-refractivity contribution in [3.05, 3.63) is 41.0 Å². The zero-order valence-corrected chi connectivity index (χ0v) is 12.6. The molecule has 0 N–H and O–H groups in total. The molecule has 0 spiro atoms. The Kier molecular flexibility index (Phi) is 31.6. The Bertz CT molecular complexity index is 155. The molecule has 95 valence electrons. The van der Waals surface area contributed by atoms with Crippen molar-refractivity contribution >= 4 is 0 Å². The Morgan fingerprint density at radius 1 is 1.00 bits per heavy atom. The molecule has 1 rings (SSSR count). The van der Waals surface area contributed by atoms with Crippen molar-refractivity contribution in [3.8, 4) is 0 Å². The standard InChI is InChI=1S/C5H5.C3H7N.2C2H6N.V/c1-2-4-5-3-1;1-3(2)4;2*1-3-2;/h1-5H;3H,1-2H3;2*1-2H3;/q-1;;2*-1;. The molecule has 3 nitrogen and oxygen atoms in total. The van der Waals surface area contributed by atoms with Crippen molar-refractivity contribution in [2.75, 3.05) is 28.2 Å². The first-order valence-electron chi connectivity index (χ1n) is 5.07. The van der Waals surface area contributed by atoms with Gasteiger partial charge in [-0.3, -0.25) is 0 Å². The van der Waals surface area contributed by atoms with E-state index in [4.69, 9.17) is 0 Å². The van der Waals surface area contributed by atoms with Gasteiger partial charge in [-0.05, 0) is 0 Å². The van der Waals surface area contributed by atoms with Gasteiger partial charge in [-0.15, -0.1) is 0 Å². The molecule has 0 bridgehead atoms. The second-order valence-corrected chi connectivity index (χ2v) is 3.43. The number of nitrogens with zero attached hydrogens (tertiary/aromatic N) is 3. The van der Waals surface area contributed by atoms with Gasteiger partial charge in [0.1, 0.15) is 0 Å². The fourth-order valence-electron chi connectivity index (χ4n) is 0.321. The van der Waals surface area contributed by atoms with E-state index in [-0.39, 0.29) is 0 Å². The van der Waals surface area contributed by atoms with Crippen molar-refractivity contribution < 1.29 is 17.2 Å². The molecule has 16 heavy (non-hydrogen) atoms. The summed E-state index contributed by atoms with van der Waals surface area (Å²) >= 11 is 2.20. The average Bonchev–Trinajstić information content (AvgIpc) is 2.78. The Labute approximate surface area is 110 Å². The molecule has 0 aliphatic rings. The first-order valence-corrected chi connectivity index (χ1v) is 5.69. The number of rotatable bonds is 1. The molecule has 0 unspecified atom stereocenters. The molecule has 0 atom stereocenters. The number of hydrogen-bond acceptors (Lipinski definition) is 1. The quantitative estimate of drug-likeness (QED) is 0.690. The molecular weight excluding hydrogens is 237 g/mol. The van der Waals surface area contributed by atoms with Crippen LogP contribution in [0, 0.1) is 0 Å². The third-order valence-electron chi connectivity index (χ3n) is 0.786. The van der Waals surface area contributed by atoms with Crippen LogP contribution < -0.4 is 0 Å². The molecule has 0 heterocycles. The van der Waals surface area contributed by atoms with E-state index in [9.17, 15) is 0 Å². The summed E-state index contributed by atoms with van der Waals surface area (Å²) in [6.07, 6.45) is 0. The Morgan fingerprint density at radius 3 is 1.31 bits per heavy atom.